The Balaban J connectivity index is 1.72. The molecule has 0 spiro atoms. The zero-order valence-electron chi connectivity index (χ0n) is 14.8. The number of hydrogen-bond donors (Lipinski definition) is 1. The van der Waals surface area contributed by atoms with Crippen molar-refractivity contribution in [3.05, 3.63) is 34.5 Å². The first-order valence-electron chi connectivity index (χ1n) is 9.71. The average Bonchev–Trinajstić information content (AvgIpc) is 2.86. The van der Waals surface area contributed by atoms with Gasteiger partial charge in [0.2, 0.25) is 0 Å². The standard InChI is InChI=1S/C22H29N/c1-4-18-6-5-13(2)20-19(18)14(3)21(23-20)22-10-15-7-16(11-22)9-17(8-15)12-22/h5-6,15-17,23H,4,7-12H2,1-3H3. The van der Waals surface area contributed by atoms with E-state index >= 15 is 0 Å². The second kappa shape index (κ2) is 4.65. The molecule has 1 heterocycles. The number of aryl methyl sites for hydroxylation is 3. The van der Waals surface area contributed by atoms with Crippen molar-refractivity contribution in [2.24, 2.45) is 17.8 Å². The Morgan fingerprint density at radius 1 is 1.00 bits per heavy atom. The van der Waals surface area contributed by atoms with E-state index in [0.29, 0.717) is 5.41 Å². The van der Waals surface area contributed by atoms with Gasteiger partial charge < -0.3 is 4.98 Å². The fourth-order valence-corrected chi connectivity index (χ4v) is 6.92. The van der Waals surface area contributed by atoms with E-state index in [9.17, 15) is 0 Å². The van der Waals surface area contributed by atoms with E-state index in [-0.39, 0.29) is 0 Å². The van der Waals surface area contributed by atoms with E-state index in [0.717, 1.165) is 24.2 Å². The predicted octanol–water partition coefficient (Wildman–Crippen LogP) is 5.81. The summed E-state index contributed by atoms with van der Waals surface area (Å²) >= 11 is 0. The molecule has 4 fully saturated rings. The molecule has 6 rings (SSSR count). The lowest BCUT2D eigenvalue weighted by molar-refractivity contribution is -0.00714. The number of benzene rings is 1. The Hall–Kier alpha value is -1.24. The molecule has 0 atom stereocenters. The topological polar surface area (TPSA) is 15.8 Å². The van der Waals surface area contributed by atoms with E-state index in [2.05, 4.69) is 37.9 Å². The van der Waals surface area contributed by atoms with Crippen LogP contribution in [0.25, 0.3) is 10.9 Å². The molecule has 4 aliphatic carbocycles. The van der Waals surface area contributed by atoms with Crippen molar-refractivity contribution in [2.75, 3.05) is 0 Å². The first kappa shape index (κ1) is 14.1. The Bertz CT molecular complexity index is 744. The second-order valence-electron chi connectivity index (χ2n) is 8.97. The molecule has 1 nitrogen and oxygen atoms in total. The third kappa shape index (κ3) is 1.85. The molecule has 0 saturated heterocycles. The van der Waals surface area contributed by atoms with Crippen LogP contribution in [0.5, 0.6) is 0 Å². The molecule has 2 aromatic rings. The lowest BCUT2D eigenvalue weighted by atomic mass is 9.48. The first-order chi connectivity index (χ1) is 11.1. The van der Waals surface area contributed by atoms with Crippen LogP contribution in [0, 0.1) is 31.6 Å². The summed E-state index contributed by atoms with van der Waals surface area (Å²) in [5.74, 6) is 3.04. The molecule has 0 radical (unpaired) electrons. The van der Waals surface area contributed by atoms with E-state index < -0.39 is 0 Å². The molecule has 4 saturated carbocycles. The summed E-state index contributed by atoms with van der Waals surface area (Å²) in [5.41, 5.74) is 8.03. The van der Waals surface area contributed by atoms with Gasteiger partial charge in [-0.2, -0.15) is 0 Å². The van der Waals surface area contributed by atoms with Crippen LogP contribution in [-0.4, -0.2) is 4.98 Å². The molecule has 4 aliphatic rings. The minimum atomic E-state index is 0.481. The quantitative estimate of drug-likeness (QED) is 0.720. The van der Waals surface area contributed by atoms with Crippen LogP contribution in [0.15, 0.2) is 12.1 Å². The van der Waals surface area contributed by atoms with Crippen molar-refractivity contribution in [2.45, 2.75) is 71.1 Å². The fourth-order valence-electron chi connectivity index (χ4n) is 6.92. The zero-order chi connectivity index (χ0) is 15.8. The maximum atomic E-state index is 3.96. The Morgan fingerprint density at radius 2 is 1.61 bits per heavy atom. The average molecular weight is 307 g/mol. The molecule has 1 aromatic heterocycles. The zero-order valence-corrected chi connectivity index (χ0v) is 14.8. The van der Waals surface area contributed by atoms with Crippen LogP contribution in [0.2, 0.25) is 0 Å². The fraction of sp³-hybridized carbons (Fsp3) is 0.636. The van der Waals surface area contributed by atoms with Gasteiger partial charge >= 0.3 is 0 Å². The highest BCUT2D eigenvalue weighted by Crippen LogP contribution is 2.61. The maximum Gasteiger partial charge on any atom is 0.0491 e. The smallest absolute Gasteiger partial charge is 0.0491 e. The van der Waals surface area contributed by atoms with E-state index in [4.69, 9.17) is 0 Å². The van der Waals surface area contributed by atoms with Gasteiger partial charge in [0, 0.05) is 22.0 Å². The Kier molecular flexibility index (Phi) is 2.86. The number of aromatic amines is 1. The molecule has 4 bridgehead atoms. The molecule has 23 heavy (non-hydrogen) atoms. The summed E-state index contributed by atoms with van der Waals surface area (Å²) in [6.07, 6.45) is 10.1. The van der Waals surface area contributed by atoms with Gasteiger partial charge in [-0.3, -0.25) is 0 Å². The second-order valence-corrected chi connectivity index (χ2v) is 8.97. The lowest BCUT2D eigenvalue weighted by Gasteiger charge is -2.56. The molecule has 1 N–H and O–H groups in total. The van der Waals surface area contributed by atoms with E-state index in [1.54, 1.807) is 16.6 Å². The van der Waals surface area contributed by atoms with Crippen molar-refractivity contribution >= 4 is 10.9 Å². The van der Waals surface area contributed by atoms with Crippen LogP contribution < -0.4 is 0 Å². The predicted molar refractivity (Wildman–Crippen MR) is 97.0 cm³/mol. The van der Waals surface area contributed by atoms with Gasteiger partial charge in [-0.05, 0) is 93.2 Å². The largest absolute Gasteiger partial charge is 0.357 e. The van der Waals surface area contributed by atoms with Gasteiger partial charge in [-0.1, -0.05) is 19.1 Å². The third-order valence-corrected chi connectivity index (χ3v) is 7.45. The summed E-state index contributed by atoms with van der Waals surface area (Å²) in [6.45, 7) is 6.95. The summed E-state index contributed by atoms with van der Waals surface area (Å²) in [7, 11) is 0. The lowest BCUT2D eigenvalue weighted by Crippen LogP contribution is -2.49. The van der Waals surface area contributed by atoms with Crippen LogP contribution in [-0.2, 0) is 11.8 Å². The highest BCUT2D eigenvalue weighted by atomic mass is 14.8. The Labute approximate surface area is 139 Å². The highest BCUT2D eigenvalue weighted by Gasteiger charge is 2.52. The van der Waals surface area contributed by atoms with Gasteiger partial charge in [0.05, 0.1) is 0 Å². The van der Waals surface area contributed by atoms with Crippen molar-refractivity contribution < 1.29 is 0 Å². The van der Waals surface area contributed by atoms with Crippen molar-refractivity contribution in [1.29, 1.82) is 0 Å². The normalized spacial score (nSPS) is 35.3. The van der Waals surface area contributed by atoms with Crippen molar-refractivity contribution in [1.82, 2.24) is 4.98 Å². The number of aromatic nitrogens is 1. The Morgan fingerprint density at radius 3 is 2.17 bits per heavy atom. The molecular formula is C22H29N. The highest BCUT2D eigenvalue weighted by molar-refractivity contribution is 5.90. The summed E-state index contributed by atoms with van der Waals surface area (Å²) in [5, 5.41) is 1.54. The van der Waals surface area contributed by atoms with Gasteiger partial charge in [-0.15, -0.1) is 0 Å². The number of hydrogen-bond acceptors (Lipinski definition) is 0. The number of nitrogens with one attached hydrogen (secondary N) is 1. The van der Waals surface area contributed by atoms with E-state index in [1.165, 1.54) is 55.2 Å². The molecule has 0 aliphatic heterocycles. The van der Waals surface area contributed by atoms with Crippen molar-refractivity contribution in [3.8, 4) is 0 Å². The monoisotopic (exact) mass is 307 g/mol. The molecular weight excluding hydrogens is 278 g/mol. The summed E-state index contributed by atoms with van der Waals surface area (Å²) in [6, 6.07) is 4.66. The van der Waals surface area contributed by atoms with Gasteiger partial charge in [-0.25, -0.2) is 0 Å². The molecule has 1 heteroatoms. The molecule has 0 amide bonds. The maximum absolute atomic E-state index is 3.96. The molecule has 1 aromatic carbocycles. The van der Waals surface area contributed by atoms with Crippen LogP contribution >= 0.6 is 0 Å². The number of rotatable bonds is 2. The molecule has 0 unspecified atom stereocenters. The molecule has 122 valence electrons. The first-order valence-corrected chi connectivity index (χ1v) is 9.71. The number of fused-ring (bicyclic) bond motifs is 1. The third-order valence-electron chi connectivity index (χ3n) is 7.45. The van der Waals surface area contributed by atoms with Crippen molar-refractivity contribution in [3.63, 3.8) is 0 Å². The van der Waals surface area contributed by atoms with Crippen LogP contribution in [0.4, 0.5) is 0 Å². The summed E-state index contributed by atoms with van der Waals surface area (Å²) in [4.78, 5) is 3.96. The van der Waals surface area contributed by atoms with Gasteiger partial charge in [0.15, 0.2) is 0 Å². The van der Waals surface area contributed by atoms with E-state index in [1.807, 2.05) is 0 Å². The SMILES string of the molecule is CCc1ccc(C)c2[nH]c(C34CC5CC(CC(C5)C3)C4)c(C)c12. The number of H-pyrrole nitrogens is 1. The summed E-state index contributed by atoms with van der Waals surface area (Å²) < 4.78 is 0. The minimum Gasteiger partial charge on any atom is -0.357 e. The van der Waals surface area contributed by atoms with Crippen LogP contribution in [0.3, 0.4) is 0 Å². The van der Waals surface area contributed by atoms with Crippen LogP contribution in [0.1, 0.15) is 67.8 Å². The minimum absolute atomic E-state index is 0.481. The van der Waals surface area contributed by atoms with Gasteiger partial charge in [0.25, 0.3) is 0 Å². The van der Waals surface area contributed by atoms with Gasteiger partial charge in [0.1, 0.15) is 0 Å².